The second-order valence-electron chi connectivity index (χ2n) is 3.15. The van der Waals surface area contributed by atoms with Gasteiger partial charge in [0, 0.05) is 13.2 Å². The van der Waals surface area contributed by atoms with E-state index in [1.165, 1.54) is 0 Å². The molecule has 0 aliphatic carbocycles. The zero-order chi connectivity index (χ0) is 10.1. The average Bonchev–Trinajstić information content (AvgIpc) is 2.70. The predicted molar refractivity (Wildman–Crippen MR) is 49.1 cm³/mol. The van der Waals surface area contributed by atoms with Gasteiger partial charge in [0.05, 0.1) is 17.8 Å². The quantitative estimate of drug-likeness (QED) is 0.750. The molecule has 2 heterocycles. The molecule has 0 radical (unpaired) electrons. The first-order valence-electron chi connectivity index (χ1n) is 4.25. The fourth-order valence-corrected chi connectivity index (χ4v) is 1.07. The highest BCUT2D eigenvalue weighted by molar-refractivity contribution is 5.50. The van der Waals surface area contributed by atoms with Gasteiger partial charge >= 0.3 is 0 Å². The Morgan fingerprint density at radius 2 is 2.36 bits per heavy atom. The third-order valence-corrected chi connectivity index (χ3v) is 1.79. The Bertz CT molecular complexity index is 430. The van der Waals surface area contributed by atoms with E-state index < -0.39 is 0 Å². The van der Waals surface area contributed by atoms with E-state index >= 15 is 0 Å². The molecule has 0 fully saturated rings. The molecule has 0 aliphatic rings. The van der Waals surface area contributed by atoms with E-state index in [2.05, 4.69) is 15.2 Å². The maximum atomic E-state index is 5.59. The maximum Gasteiger partial charge on any atom is 0.243 e. The van der Waals surface area contributed by atoms with Gasteiger partial charge in [0.1, 0.15) is 0 Å². The summed E-state index contributed by atoms with van der Waals surface area (Å²) in [6.45, 7) is 1.79. The number of aromatic nitrogens is 4. The van der Waals surface area contributed by atoms with Crippen LogP contribution < -0.4 is 5.73 Å². The molecular formula is C8H11N5O. The molecule has 6 heteroatoms. The number of nitrogens with zero attached hydrogens (tertiary/aromatic N) is 4. The molecule has 2 rings (SSSR count). The summed E-state index contributed by atoms with van der Waals surface area (Å²) in [4.78, 5) is 4.14. The summed E-state index contributed by atoms with van der Waals surface area (Å²) < 4.78 is 6.64. The van der Waals surface area contributed by atoms with Crippen LogP contribution in [0.25, 0.3) is 11.4 Å². The largest absolute Gasteiger partial charge is 0.337 e. The van der Waals surface area contributed by atoms with E-state index in [0.717, 1.165) is 5.56 Å². The fraction of sp³-hybridized carbons (Fsp3) is 0.375. The van der Waals surface area contributed by atoms with E-state index in [1.54, 1.807) is 17.8 Å². The Labute approximate surface area is 80.7 Å². The Hall–Kier alpha value is -1.69. The van der Waals surface area contributed by atoms with Crippen LogP contribution in [0.3, 0.4) is 0 Å². The van der Waals surface area contributed by atoms with E-state index in [9.17, 15) is 0 Å². The molecule has 0 aliphatic heterocycles. The van der Waals surface area contributed by atoms with Crippen LogP contribution in [0.4, 0.5) is 0 Å². The van der Waals surface area contributed by atoms with Gasteiger partial charge in [0.25, 0.3) is 0 Å². The highest BCUT2D eigenvalue weighted by Gasteiger charge is 2.12. The standard InChI is InChI=1S/C8H11N5O/c1-5(9)8-11-7(12-14-8)6-3-10-13(2)4-6/h3-5H,9H2,1-2H3/t5-/m1/s1. The molecule has 2 aromatic rings. The van der Waals surface area contributed by atoms with Crippen LogP contribution in [-0.2, 0) is 7.05 Å². The summed E-state index contributed by atoms with van der Waals surface area (Å²) >= 11 is 0. The first-order chi connectivity index (χ1) is 6.66. The van der Waals surface area contributed by atoms with Crippen molar-refractivity contribution in [2.75, 3.05) is 0 Å². The molecule has 14 heavy (non-hydrogen) atoms. The van der Waals surface area contributed by atoms with Gasteiger partial charge in [0.2, 0.25) is 11.7 Å². The zero-order valence-electron chi connectivity index (χ0n) is 8.01. The van der Waals surface area contributed by atoms with Crippen LogP contribution in [-0.4, -0.2) is 19.9 Å². The molecule has 2 N–H and O–H groups in total. The van der Waals surface area contributed by atoms with Crippen molar-refractivity contribution in [2.24, 2.45) is 12.8 Å². The van der Waals surface area contributed by atoms with Crippen LogP contribution in [0.15, 0.2) is 16.9 Å². The van der Waals surface area contributed by atoms with Crippen LogP contribution in [0.5, 0.6) is 0 Å². The molecule has 1 atom stereocenters. The van der Waals surface area contributed by atoms with Crippen molar-refractivity contribution in [1.29, 1.82) is 0 Å². The van der Waals surface area contributed by atoms with Crippen LogP contribution in [0, 0.1) is 0 Å². The number of aryl methyl sites for hydroxylation is 1. The van der Waals surface area contributed by atoms with Crippen molar-refractivity contribution >= 4 is 0 Å². The minimum absolute atomic E-state index is 0.243. The monoisotopic (exact) mass is 193 g/mol. The number of hydrogen-bond acceptors (Lipinski definition) is 5. The molecule has 0 amide bonds. The third-order valence-electron chi connectivity index (χ3n) is 1.79. The Morgan fingerprint density at radius 1 is 1.57 bits per heavy atom. The van der Waals surface area contributed by atoms with Crippen molar-refractivity contribution in [2.45, 2.75) is 13.0 Å². The first kappa shape index (κ1) is 8.89. The Morgan fingerprint density at radius 3 is 2.86 bits per heavy atom. The molecule has 74 valence electrons. The molecule has 0 unspecified atom stereocenters. The average molecular weight is 193 g/mol. The fourth-order valence-electron chi connectivity index (χ4n) is 1.07. The summed E-state index contributed by atoms with van der Waals surface area (Å²) in [5.41, 5.74) is 6.42. The molecule has 6 nitrogen and oxygen atoms in total. The topological polar surface area (TPSA) is 82.8 Å². The van der Waals surface area contributed by atoms with Gasteiger partial charge in [-0.1, -0.05) is 5.16 Å². The van der Waals surface area contributed by atoms with Crippen molar-refractivity contribution < 1.29 is 4.52 Å². The van der Waals surface area contributed by atoms with Gasteiger partial charge in [-0.2, -0.15) is 10.1 Å². The van der Waals surface area contributed by atoms with Gasteiger partial charge in [-0.25, -0.2) is 0 Å². The molecule has 0 bridgehead atoms. The highest BCUT2D eigenvalue weighted by atomic mass is 16.5. The summed E-state index contributed by atoms with van der Waals surface area (Å²) in [6.07, 6.45) is 3.49. The minimum atomic E-state index is -0.243. The second-order valence-corrected chi connectivity index (χ2v) is 3.15. The lowest BCUT2D eigenvalue weighted by Gasteiger charge is -1.92. The lowest BCUT2D eigenvalue weighted by Crippen LogP contribution is -2.04. The number of hydrogen-bond donors (Lipinski definition) is 1. The minimum Gasteiger partial charge on any atom is -0.337 e. The molecule has 0 aromatic carbocycles. The predicted octanol–water partition coefficient (Wildman–Crippen LogP) is 0.490. The molecule has 0 spiro atoms. The molecule has 2 aromatic heterocycles. The van der Waals surface area contributed by atoms with Crippen molar-refractivity contribution in [3.63, 3.8) is 0 Å². The van der Waals surface area contributed by atoms with Gasteiger partial charge in [0.15, 0.2) is 0 Å². The second kappa shape index (κ2) is 3.22. The van der Waals surface area contributed by atoms with E-state index in [-0.39, 0.29) is 6.04 Å². The highest BCUT2D eigenvalue weighted by Crippen LogP contribution is 2.16. The van der Waals surface area contributed by atoms with E-state index in [0.29, 0.717) is 11.7 Å². The van der Waals surface area contributed by atoms with E-state index in [4.69, 9.17) is 10.3 Å². The number of rotatable bonds is 2. The van der Waals surface area contributed by atoms with Crippen molar-refractivity contribution in [3.05, 3.63) is 18.3 Å². The van der Waals surface area contributed by atoms with Crippen LogP contribution >= 0.6 is 0 Å². The SMILES string of the molecule is C[C@@H](N)c1nc(-c2cnn(C)c2)no1. The zero-order valence-corrected chi connectivity index (χ0v) is 8.01. The van der Waals surface area contributed by atoms with Crippen molar-refractivity contribution in [1.82, 2.24) is 19.9 Å². The molecular weight excluding hydrogens is 182 g/mol. The lowest BCUT2D eigenvalue weighted by molar-refractivity contribution is 0.362. The van der Waals surface area contributed by atoms with Gasteiger partial charge in [-0.3, -0.25) is 4.68 Å². The summed E-state index contributed by atoms with van der Waals surface area (Å²) in [5, 5.41) is 7.81. The van der Waals surface area contributed by atoms with Crippen molar-refractivity contribution in [3.8, 4) is 11.4 Å². The Kier molecular flexibility index (Phi) is 2.05. The van der Waals surface area contributed by atoms with Gasteiger partial charge < -0.3 is 10.3 Å². The summed E-state index contributed by atoms with van der Waals surface area (Å²) in [6, 6.07) is -0.243. The molecule has 0 saturated carbocycles. The first-order valence-corrected chi connectivity index (χ1v) is 4.25. The van der Waals surface area contributed by atoms with Crippen LogP contribution in [0.1, 0.15) is 18.9 Å². The number of nitrogens with two attached hydrogens (primary N) is 1. The smallest absolute Gasteiger partial charge is 0.243 e. The summed E-state index contributed by atoms with van der Waals surface area (Å²) in [7, 11) is 1.83. The van der Waals surface area contributed by atoms with Gasteiger partial charge in [-0.15, -0.1) is 0 Å². The Balaban J connectivity index is 2.33. The summed E-state index contributed by atoms with van der Waals surface area (Å²) in [5.74, 6) is 0.953. The normalized spacial score (nSPS) is 13.1. The van der Waals surface area contributed by atoms with E-state index in [1.807, 2.05) is 13.2 Å². The third kappa shape index (κ3) is 1.51. The lowest BCUT2D eigenvalue weighted by atomic mass is 10.3. The molecule has 0 saturated heterocycles. The van der Waals surface area contributed by atoms with Crippen LogP contribution in [0.2, 0.25) is 0 Å². The van der Waals surface area contributed by atoms with Gasteiger partial charge in [-0.05, 0) is 6.92 Å². The maximum absolute atomic E-state index is 5.59.